The number of alkyl halides is 3. The molecule has 1 aromatic rings. The molecule has 3 nitrogen and oxygen atoms in total. The van der Waals surface area contributed by atoms with Crippen molar-refractivity contribution >= 4 is 23.0 Å². The normalized spacial score (nSPS) is 18.4. The molecule has 0 unspecified atom stereocenters. The monoisotopic (exact) mass is 373 g/mol. The summed E-state index contributed by atoms with van der Waals surface area (Å²) in [6.07, 6.45) is 3.24. The number of hydrogen-bond donors (Lipinski definition) is 0. The third kappa shape index (κ3) is 4.71. The van der Waals surface area contributed by atoms with Crippen molar-refractivity contribution in [3.63, 3.8) is 0 Å². The van der Waals surface area contributed by atoms with Crippen LogP contribution in [-0.2, 0) is 28.9 Å². The first-order valence-electron chi connectivity index (χ1n) is 8.62. The van der Waals surface area contributed by atoms with Crippen molar-refractivity contribution in [3.05, 3.63) is 33.0 Å². The summed E-state index contributed by atoms with van der Waals surface area (Å²) in [5.74, 6) is -1.02. The molecule has 0 radical (unpaired) electrons. The molecule has 3 rings (SSSR count). The van der Waals surface area contributed by atoms with Crippen LogP contribution in [0.5, 0.6) is 0 Å². The minimum atomic E-state index is -4.66. The van der Waals surface area contributed by atoms with Crippen molar-refractivity contribution in [1.29, 1.82) is 0 Å². The molecule has 2 aliphatic rings. The summed E-state index contributed by atoms with van der Waals surface area (Å²) in [5.41, 5.74) is 1.17. The third-order valence-electron chi connectivity index (χ3n) is 4.11. The molecule has 0 fully saturated rings. The molecule has 2 heterocycles. The van der Waals surface area contributed by atoms with Gasteiger partial charge in [0, 0.05) is 4.88 Å². The number of fused-ring (bicyclic) bond motifs is 1. The lowest BCUT2D eigenvalue weighted by Crippen LogP contribution is -2.24. The van der Waals surface area contributed by atoms with Gasteiger partial charge in [-0.25, -0.2) is 4.79 Å². The van der Waals surface area contributed by atoms with Crippen LogP contribution in [0.15, 0.2) is 22.2 Å². The molecule has 0 amide bonds. The molecule has 1 aliphatic carbocycles. The Morgan fingerprint density at radius 1 is 1.28 bits per heavy atom. The van der Waals surface area contributed by atoms with Crippen LogP contribution in [-0.4, -0.2) is 17.9 Å². The maximum absolute atomic E-state index is 12.7. The minimum Gasteiger partial charge on any atom is -0.312 e. The fraction of sp³-hybridized carbons (Fsp3) is 0.556. The zero-order valence-corrected chi connectivity index (χ0v) is 15.2. The fourth-order valence-corrected chi connectivity index (χ4v) is 4.16. The molecular formula is C18H22F3NO2S. The number of carbonyl (C=O) groups excluding carboxylic acids is 1. The van der Waals surface area contributed by atoms with Gasteiger partial charge in [0.1, 0.15) is 0 Å². The third-order valence-corrected chi connectivity index (χ3v) is 5.25. The van der Waals surface area contributed by atoms with Gasteiger partial charge in [0.05, 0.1) is 5.57 Å². The van der Waals surface area contributed by atoms with E-state index in [2.05, 4.69) is 15.4 Å². The molecule has 7 heteroatoms. The molecule has 138 valence electrons. The summed E-state index contributed by atoms with van der Waals surface area (Å²) in [7, 11) is 0. The predicted molar refractivity (Wildman–Crippen MR) is 92.9 cm³/mol. The number of halogens is 3. The predicted octanol–water partition coefficient (Wildman–Crippen LogP) is 5.38. The van der Waals surface area contributed by atoms with Gasteiger partial charge in [-0.2, -0.15) is 13.2 Å². The van der Waals surface area contributed by atoms with E-state index >= 15 is 0 Å². The highest BCUT2D eigenvalue weighted by Crippen LogP contribution is 2.31. The second-order valence-electron chi connectivity index (χ2n) is 5.70. The zero-order chi connectivity index (χ0) is 18.4. The lowest BCUT2D eigenvalue weighted by Gasteiger charge is -2.12. The first-order valence-corrected chi connectivity index (χ1v) is 9.50. The van der Waals surface area contributed by atoms with Crippen LogP contribution in [0.4, 0.5) is 13.2 Å². The number of thiophene rings is 1. The SMILES string of the molecule is CC.O=C1ON=C(C(F)(F)F)/C1=C/CCCc1scc2c1CCCC2. The molecule has 25 heavy (non-hydrogen) atoms. The summed E-state index contributed by atoms with van der Waals surface area (Å²) in [6.45, 7) is 4.00. The number of allylic oxidation sites excluding steroid dienone is 1. The molecule has 0 bridgehead atoms. The summed E-state index contributed by atoms with van der Waals surface area (Å²) in [6, 6.07) is 0. The first-order chi connectivity index (χ1) is 12.0. The molecule has 0 atom stereocenters. The number of nitrogens with zero attached hydrogens (tertiary/aromatic N) is 1. The van der Waals surface area contributed by atoms with E-state index < -0.39 is 23.4 Å². The van der Waals surface area contributed by atoms with Crippen LogP contribution >= 0.6 is 11.3 Å². The van der Waals surface area contributed by atoms with Crippen molar-refractivity contribution in [2.24, 2.45) is 5.16 Å². The average molecular weight is 373 g/mol. The maximum Gasteiger partial charge on any atom is 0.437 e. The van der Waals surface area contributed by atoms with E-state index in [9.17, 15) is 18.0 Å². The fourth-order valence-electron chi connectivity index (χ4n) is 2.98. The molecule has 1 aromatic heterocycles. The van der Waals surface area contributed by atoms with Gasteiger partial charge in [-0.3, -0.25) is 0 Å². The van der Waals surface area contributed by atoms with Gasteiger partial charge in [-0.15, -0.1) is 11.3 Å². The van der Waals surface area contributed by atoms with E-state index in [1.807, 2.05) is 13.8 Å². The van der Waals surface area contributed by atoms with E-state index in [0.29, 0.717) is 12.8 Å². The Morgan fingerprint density at radius 3 is 2.72 bits per heavy atom. The van der Waals surface area contributed by atoms with Crippen LogP contribution in [0.25, 0.3) is 0 Å². The van der Waals surface area contributed by atoms with Crippen LogP contribution in [0, 0.1) is 0 Å². The Morgan fingerprint density at radius 2 is 2.00 bits per heavy atom. The molecule has 0 spiro atoms. The Kier molecular flexibility index (Phi) is 6.81. The summed E-state index contributed by atoms with van der Waals surface area (Å²) in [5, 5.41) is 5.03. The smallest absolute Gasteiger partial charge is 0.312 e. The minimum absolute atomic E-state index is 0.395. The highest BCUT2D eigenvalue weighted by molar-refractivity contribution is 7.10. The Hall–Kier alpha value is -1.63. The second kappa shape index (κ2) is 8.65. The molecule has 0 aromatic carbocycles. The molecule has 1 aliphatic heterocycles. The molecule has 0 N–H and O–H groups in total. The zero-order valence-electron chi connectivity index (χ0n) is 14.4. The van der Waals surface area contributed by atoms with Gasteiger partial charge in [0.15, 0.2) is 5.71 Å². The van der Waals surface area contributed by atoms with Crippen molar-refractivity contribution in [1.82, 2.24) is 0 Å². The van der Waals surface area contributed by atoms with Crippen LogP contribution < -0.4 is 0 Å². The number of oxime groups is 1. The number of aryl methyl sites for hydroxylation is 2. The Balaban J connectivity index is 0.00000109. The lowest BCUT2D eigenvalue weighted by molar-refractivity contribution is -0.136. The summed E-state index contributed by atoms with van der Waals surface area (Å²) >= 11 is 1.74. The van der Waals surface area contributed by atoms with Crippen LogP contribution in [0.1, 0.15) is 55.5 Å². The van der Waals surface area contributed by atoms with Crippen molar-refractivity contribution in [2.45, 2.75) is 65.0 Å². The van der Waals surface area contributed by atoms with E-state index in [0.717, 1.165) is 19.3 Å². The highest BCUT2D eigenvalue weighted by atomic mass is 32.1. The van der Waals surface area contributed by atoms with E-state index in [1.165, 1.54) is 34.9 Å². The van der Waals surface area contributed by atoms with Gasteiger partial charge in [-0.1, -0.05) is 25.1 Å². The molecular weight excluding hydrogens is 351 g/mol. The van der Waals surface area contributed by atoms with Gasteiger partial charge in [0.2, 0.25) is 0 Å². The van der Waals surface area contributed by atoms with Gasteiger partial charge >= 0.3 is 12.1 Å². The lowest BCUT2D eigenvalue weighted by atomic mass is 9.93. The quantitative estimate of drug-likeness (QED) is 0.404. The topological polar surface area (TPSA) is 38.7 Å². The Labute approximate surface area is 149 Å². The standard InChI is InChI=1S/C16H16F3NO2S.C2H6/c17-16(18,19)14-12(15(21)22-20-14)7-3-4-8-13-11-6-2-1-5-10(11)9-23-13;1-2/h7,9H,1-6,8H2;1-2H3/b12-7-;. The van der Waals surface area contributed by atoms with E-state index in [-0.39, 0.29) is 0 Å². The number of carbonyl (C=O) groups is 1. The number of unbranched alkanes of at least 4 members (excludes halogenated alkanes) is 1. The Bertz CT molecular complexity index is 674. The van der Waals surface area contributed by atoms with Crippen molar-refractivity contribution in [2.75, 3.05) is 0 Å². The van der Waals surface area contributed by atoms with Crippen molar-refractivity contribution < 1.29 is 22.8 Å². The molecule has 0 saturated carbocycles. The van der Waals surface area contributed by atoms with Crippen LogP contribution in [0.2, 0.25) is 0 Å². The van der Waals surface area contributed by atoms with E-state index in [1.54, 1.807) is 11.3 Å². The number of rotatable bonds is 4. The first kappa shape index (κ1) is 19.7. The van der Waals surface area contributed by atoms with Gasteiger partial charge < -0.3 is 4.84 Å². The summed E-state index contributed by atoms with van der Waals surface area (Å²) < 4.78 is 38.1. The van der Waals surface area contributed by atoms with E-state index in [4.69, 9.17) is 0 Å². The second-order valence-corrected chi connectivity index (χ2v) is 6.66. The largest absolute Gasteiger partial charge is 0.437 e. The highest BCUT2D eigenvalue weighted by Gasteiger charge is 2.45. The van der Waals surface area contributed by atoms with Crippen LogP contribution in [0.3, 0.4) is 0 Å². The van der Waals surface area contributed by atoms with Gasteiger partial charge in [0.25, 0.3) is 0 Å². The summed E-state index contributed by atoms with van der Waals surface area (Å²) in [4.78, 5) is 16.8. The average Bonchev–Trinajstić information content (AvgIpc) is 3.17. The van der Waals surface area contributed by atoms with Crippen molar-refractivity contribution in [3.8, 4) is 0 Å². The van der Waals surface area contributed by atoms with Gasteiger partial charge in [-0.05, 0) is 61.5 Å². The molecule has 0 saturated heterocycles. The maximum atomic E-state index is 12.7. The number of hydrogen-bond acceptors (Lipinski definition) is 4.